The van der Waals surface area contributed by atoms with Crippen molar-refractivity contribution in [1.29, 1.82) is 0 Å². The maximum atomic E-state index is 6.06. The van der Waals surface area contributed by atoms with Crippen LogP contribution in [0.3, 0.4) is 0 Å². The summed E-state index contributed by atoms with van der Waals surface area (Å²) in [6, 6.07) is 0. The standard InChI is InChI=1S/C13H21N5S/c1-13(2,14)8-10-17-18-11(15-16-12(18)19-10)9-6-4-3-5-7-9/h9H,3-8,14H2,1-2H3. The van der Waals surface area contributed by atoms with E-state index < -0.39 is 0 Å². The largest absolute Gasteiger partial charge is 0.325 e. The van der Waals surface area contributed by atoms with E-state index in [4.69, 9.17) is 5.73 Å². The summed E-state index contributed by atoms with van der Waals surface area (Å²) in [5.74, 6) is 1.58. The van der Waals surface area contributed by atoms with Gasteiger partial charge in [-0.3, -0.25) is 0 Å². The summed E-state index contributed by atoms with van der Waals surface area (Å²) in [7, 11) is 0. The second-order valence-electron chi connectivity index (χ2n) is 6.25. The minimum Gasteiger partial charge on any atom is -0.325 e. The fourth-order valence-electron chi connectivity index (χ4n) is 2.75. The number of nitrogens with zero attached hydrogens (tertiary/aromatic N) is 4. The van der Waals surface area contributed by atoms with Crippen LogP contribution in [-0.2, 0) is 6.42 Å². The van der Waals surface area contributed by atoms with Crippen molar-refractivity contribution in [1.82, 2.24) is 19.8 Å². The van der Waals surface area contributed by atoms with Crippen molar-refractivity contribution in [3.05, 3.63) is 10.8 Å². The first-order valence-corrected chi connectivity index (χ1v) is 7.84. The third-order valence-electron chi connectivity index (χ3n) is 3.63. The van der Waals surface area contributed by atoms with Crippen molar-refractivity contribution in [2.75, 3.05) is 0 Å². The number of rotatable bonds is 3. The second kappa shape index (κ2) is 4.83. The molecule has 2 aromatic heterocycles. The summed E-state index contributed by atoms with van der Waals surface area (Å²) in [5, 5.41) is 14.3. The number of aromatic nitrogens is 4. The number of hydrogen-bond donors (Lipinski definition) is 1. The van der Waals surface area contributed by atoms with E-state index >= 15 is 0 Å². The maximum Gasteiger partial charge on any atom is 0.234 e. The minimum absolute atomic E-state index is 0.228. The first kappa shape index (κ1) is 13.0. The predicted octanol–water partition coefficient (Wildman–Crippen LogP) is 2.51. The molecule has 0 spiro atoms. The molecule has 0 aliphatic heterocycles. The molecule has 2 heterocycles. The zero-order chi connectivity index (χ0) is 13.5. The molecule has 1 aliphatic carbocycles. The Kier molecular flexibility index (Phi) is 3.30. The normalized spacial score (nSPS) is 18.3. The summed E-state index contributed by atoms with van der Waals surface area (Å²) in [5.41, 5.74) is 5.83. The highest BCUT2D eigenvalue weighted by molar-refractivity contribution is 7.16. The molecule has 5 nitrogen and oxygen atoms in total. The van der Waals surface area contributed by atoms with Gasteiger partial charge >= 0.3 is 0 Å². The highest BCUT2D eigenvalue weighted by Crippen LogP contribution is 2.32. The Hall–Kier alpha value is -1.01. The topological polar surface area (TPSA) is 69.1 Å². The van der Waals surface area contributed by atoms with Gasteiger partial charge < -0.3 is 5.73 Å². The van der Waals surface area contributed by atoms with Gasteiger partial charge in [0.2, 0.25) is 4.96 Å². The lowest BCUT2D eigenvalue weighted by Crippen LogP contribution is -2.34. The smallest absolute Gasteiger partial charge is 0.234 e. The molecule has 0 bridgehead atoms. The molecule has 0 unspecified atom stereocenters. The van der Waals surface area contributed by atoms with Gasteiger partial charge in [0, 0.05) is 17.9 Å². The van der Waals surface area contributed by atoms with Crippen LogP contribution in [0.1, 0.15) is 62.7 Å². The first-order chi connectivity index (χ1) is 9.03. The van der Waals surface area contributed by atoms with Gasteiger partial charge in [-0.2, -0.15) is 9.61 Å². The van der Waals surface area contributed by atoms with E-state index in [9.17, 15) is 0 Å². The fraction of sp³-hybridized carbons (Fsp3) is 0.769. The lowest BCUT2D eigenvalue weighted by atomic mass is 9.89. The summed E-state index contributed by atoms with van der Waals surface area (Å²) in [6.45, 7) is 4.05. The van der Waals surface area contributed by atoms with E-state index in [1.807, 2.05) is 18.4 Å². The molecule has 104 valence electrons. The third-order valence-corrected chi connectivity index (χ3v) is 4.53. The van der Waals surface area contributed by atoms with Gasteiger partial charge in [-0.05, 0) is 26.7 Å². The molecule has 2 aromatic rings. The Morgan fingerprint density at radius 3 is 2.68 bits per heavy atom. The summed E-state index contributed by atoms with van der Waals surface area (Å²) >= 11 is 1.61. The lowest BCUT2D eigenvalue weighted by molar-refractivity contribution is 0.422. The van der Waals surface area contributed by atoms with Crippen LogP contribution in [0.5, 0.6) is 0 Å². The summed E-state index contributed by atoms with van der Waals surface area (Å²) < 4.78 is 1.95. The molecule has 2 N–H and O–H groups in total. The van der Waals surface area contributed by atoms with E-state index in [1.165, 1.54) is 32.1 Å². The Labute approximate surface area is 117 Å². The molecule has 0 atom stereocenters. The molecule has 0 aromatic carbocycles. The van der Waals surface area contributed by atoms with Crippen LogP contribution in [0.2, 0.25) is 0 Å². The molecular formula is C13H21N5S. The zero-order valence-corrected chi connectivity index (χ0v) is 12.4. The zero-order valence-electron chi connectivity index (χ0n) is 11.6. The highest BCUT2D eigenvalue weighted by Gasteiger charge is 2.23. The van der Waals surface area contributed by atoms with Crippen LogP contribution in [-0.4, -0.2) is 25.4 Å². The highest BCUT2D eigenvalue weighted by atomic mass is 32.1. The average molecular weight is 279 g/mol. The molecule has 1 aliphatic rings. The number of hydrogen-bond acceptors (Lipinski definition) is 5. The van der Waals surface area contributed by atoms with Crippen LogP contribution < -0.4 is 5.73 Å². The molecule has 19 heavy (non-hydrogen) atoms. The van der Waals surface area contributed by atoms with Crippen molar-refractivity contribution in [3.63, 3.8) is 0 Å². The number of fused-ring (bicyclic) bond motifs is 1. The third kappa shape index (κ3) is 2.79. The monoisotopic (exact) mass is 279 g/mol. The SMILES string of the molecule is CC(C)(N)Cc1nn2c(C3CCCCC3)nnc2s1. The Balaban J connectivity index is 1.89. The van der Waals surface area contributed by atoms with Crippen LogP contribution in [0.25, 0.3) is 4.96 Å². The molecule has 6 heteroatoms. The quantitative estimate of drug-likeness (QED) is 0.937. The van der Waals surface area contributed by atoms with Gasteiger partial charge in [-0.1, -0.05) is 30.6 Å². The maximum absolute atomic E-state index is 6.06. The van der Waals surface area contributed by atoms with Crippen LogP contribution in [0.4, 0.5) is 0 Å². The Morgan fingerprint density at radius 1 is 1.26 bits per heavy atom. The van der Waals surface area contributed by atoms with Gasteiger partial charge in [0.15, 0.2) is 5.82 Å². The van der Waals surface area contributed by atoms with Crippen molar-refractivity contribution in [3.8, 4) is 0 Å². The van der Waals surface area contributed by atoms with Gasteiger partial charge in [-0.15, -0.1) is 10.2 Å². The van der Waals surface area contributed by atoms with E-state index in [-0.39, 0.29) is 5.54 Å². The fourth-order valence-corrected chi connectivity index (χ4v) is 3.83. The molecular weight excluding hydrogens is 258 g/mol. The second-order valence-corrected chi connectivity index (χ2v) is 7.29. The molecule has 1 fully saturated rings. The van der Waals surface area contributed by atoms with Crippen LogP contribution in [0, 0.1) is 0 Å². The molecule has 0 amide bonds. The van der Waals surface area contributed by atoms with E-state index in [0.717, 1.165) is 22.2 Å². The van der Waals surface area contributed by atoms with Crippen molar-refractivity contribution >= 4 is 16.3 Å². The van der Waals surface area contributed by atoms with Gasteiger partial charge in [0.25, 0.3) is 0 Å². The van der Waals surface area contributed by atoms with Crippen LogP contribution >= 0.6 is 11.3 Å². The molecule has 0 radical (unpaired) electrons. The first-order valence-electron chi connectivity index (χ1n) is 7.03. The minimum atomic E-state index is -0.228. The van der Waals surface area contributed by atoms with Gasteiger partial charge in [0.1, 0.15) is 5.01 Å². The average Bonchev–Trinajstić information content (AvgIpc) is 2.87. The van der Waals surface area contributed by atoms with Gasteiger partial charge in [-0.25, -0.2) is 0 Å². The Morgan fingerprint density at radius 2 is 2.00 bits per heavy atom. The molecule has 3 rings (SSSR count). The predicted molar refractivity (Wildman–Crippen MR) is 76.5 cm³/mol. The summed E-state index contributed by atoms with van der Waals surface area (Å²) in [6.07, 6.45) is 7.16. The molecule has 1 saturated carbocycles. The lowest BCUT2D eigenvalue weighted by Gasteiger charge is -2.19. The van der Waals surface area contributed by atoms with Gasteiger partial charge in [0.05, 0.1) is 0 Å². The van der Waals surface area contributed by atoms with Crippen molar-refractivity contribution < 1.29 is 0 Å². The van der Waals surface area contributed by atoms with Crippen molar-refractivity contribution in [2.45, 2.75) is 63.8 Å². The van der Waals surface area contributed by atoms with E-state index in [0.29, 0.717) is 5.92 Å². The molecule has 0 saturated heterocycles. The van der Waals surface area contributed by atoms with Crippen molar-refractivity contribution in [2.24, 2.45) is 5.73 Å². The summed E-state index contributed by atoms with van der Waals surface area (Å²) in [4.78, 5) is 0.903. The van der Waals surface area contributed by atoms with E-state index in [2.05, 4.69) is 15.3 Å². The number of nitrogens with two attached hydrogens (primary N) is 1. The van der Waals surface area contributed by atoms with Crippen LogP contribution in [0.15, 0.2) is 0 Å². The van der Waals surface area contributed by atoms with E-state index in [1.54, 1.807) is 11.3 Å². The Bertz CT molecular complexity index is 559.